The molecule has 4 aromatic carbocycles. The van der Waals surface area contributed by atoms with Crippen LogP contribution in [0.4, 0.5) is 15.8 Å². The number of para-hydroxylation sites is 1. The van der Waals surface area contributed by atoms with E-state index in [1.165, 1.54) is 34.8 Å². The fourth-order valence-electron chi connectivity index (χ4n) is 5.77. The van der Waals surface area contributed by atoms with Crippen LogP contribution < -0.4 is 5.32 Å². The van der Waals surface area contributed by atoms with Crippen LogP contribution in [0.15, 0.2) is 89.8 Å². The highest BCUT2D eigenvalue weighted by molar-refractivity contribution is 8.00. The first kappa shape index (κ1) is 22.4. The number of hydrogen-bond donors (Lipinski definition) is 1. The van der Waals surface area contributed by atoms with E-state index in [2.05, 4.69) is 29.6 Å². The normalized spacial score (nSPS) is 25.0. The molecule has 0 amide bonds. The Bertz CT molecular complexity index is 1430. The summed E-state index contributed by atoms with van der Waals surface area (Å²) in [6.45, 7) is 0. The summed E-state index contributed by atoms with van der Waals surface area (Å²) in [5, 5.41) is 17.5. The van der Waals surface area contributed by atoms with E-state index in [-0.39, 0.29) is 44.9 Å². The number of benzene rings is 4. The highest BCUT2D eigenvalue weighted by atomic mass is 35.5. The molecule has 35 heavy (non-hydrogen) atoms. The van der Waals surface area contributed by atoms with E-state index in [0.29, 0.717) is 4.90 Å². The van der Waals surface area contributed by atoms with Gasteiger partial charge in [-0.1, -0.05) is 54.6 Å². The van der Waals surface area contributed by atoms with E-state index >= 15 is 0 Å². The predicted molar refractivity (Wildman–Crippen MR) is 140 cm³/mol. The van der Waals surface area contributed by atoms with Crippen LogP contribution in [0.3, 0.4) is 0 Å². The van der Waals surface area contributed by atoms with Crippen molar-refractivity contribution >= 4 is 45.5 Å². The summed E-state index contributed by atoms with van der Waals surface area (Å²) in [4.78, 5) is 11.9. The number of nitrogens with one attached hydrogen (secondary N) is 1. The van der Waals surface area contributed by atoms with Gasteiger partial charge in [-0.15, -0.1) is 23.4 Å². The van der Waals surface area contributed by atoms with Gasteiger partial charge >= 0.3 is 0 Å². The molecule has 1 aliphatic carbocycles. The van der Waals surface area contributed by atoms with E-state index in [4.69, 9.17) is 11.6 Å². The minimum Gasteiger partial charge on any atom is -0.378 e. The summed E-state index contributed by atoms with van der Waals surface area (Å²) in [5.41, 5.74) is 3.37. The van der Waals surface area contributed by atoms with Gasteiger partial charge in [-0.05, 0) is 58.5 Å². The average Bonchev–Trinajstić information content (AvgIpc) is 3.20. The van der Waals surface area contributed by atoms with Crippen molar-refractivity contribution in [1.29, 1.82) is 0 Å². The predicted octanol–water partition coefficient (Wildman–Crippen LogP) is 7.93. The standard InChI is InChI=1S/C28H22ClFN2O2S/c29-27-24(35-23-8-4-3-7-22(23)32(33)34)15-20-26(27)25-19-6-2-1-5-16(19)11-14-21(25)31-28(20)17-9-12-18(30)13-10-17/h1-14,20,24,26-28,31H,15H2/t20-,24+,26+,27+,28-/m0/s1. The van der Waals surface area contributed by atoms with Crippen LogP contribution in [0.5, 0.6) is 0 Å². The van der Waals surface area contributed by atoms with Crippen LogP contribution in [0.25, 0.3) is 10.8 Å². The molecule has 0 saturated heterocycles. The molecule has 1 aliphatic heterocycles. The Morgan fingerprint density at radius 2 is 1.71 bits per heavy atom. The summed E-state index contributed by atoms with van der Waals surface area (Å²) < 4.78 is 13.7. The lowest BCUT2D eigenvalue weighted by molar-refractivity contribution is -0.387. The first-order valence-corrected chi connectivity index (χ1v) is 12.9. The van der Waals surface area contributed by atoms with Crippen molar-refractivity contribution in [2.75, 3.05) is 5.32 Å². The number of fused-ring (bicyclic) bond motifs is 5. The maximum absolute atomic E-state index is 13.7. The van der Waals surface area contributed by atoms with Gasteiger partial charge in [0.05, 0.1) is 21.2 Å². The van der Waals surface area contributed by atoms with E-state index in [0.717, 1.165) is 23.1 Å². The molecule has 176 valence electrons. The van der Waals surface area contributed by atoms with Crippen LogP contribution in [0.2, 0.25) is 0 Å². The summed E-state index contributed by atoms with van der Waals surface area (Å²) in [6.07, 6.45) is 0.785. The molecule has 0 radical (unpaired) electrons. The molecule has 7 heteroatoms. The third-order valence-electron chi connectivity index (χ3n) is 7.28. The number of thioether (sulfide) groups is 1. The summed E-state index contributed by atoms with van der Waals surface area (Å²) in [5.74, 6) is -0.0603. The molecule has 0 unspecified atom stereocenters. The number of nitro groups is 1. The first-order chi connectivity index (χ1) is 17.0. The molecule has 1 saturated carbocycles. The molecule has 1 heterocycles. The van der Waals surface area contributed by atoms with Crippen LogP contribution in [-0.2, 0) is 0 Å². The molecule has 0 aromatic heterocycles. The second kappa shape index (κ2) is 8.85. The van der Waals surface area contributed by atoms with Gasteiger partial charge < -0.3 is 5.32 Å². The highest BCUT2D eigenvalue weighted by Crippen LogP contribution is 2.59. The van der Waals surface area contributed by atoms with Crippen LogP contribution in [0.1, 0.15) is 29.5 Å². The van der Waals surface area contributed by atoms with Gasteiger partial charge in [0, 0.05) is 22.9 Å². The molecule has 0 spiro atoms. The van der Waals surface area contributed by atoms with Crippen molar-refractivity contribution in [2.45, 2.75) is 33.9 Å². The quantitative estimate of drug-likeness (QED) is 0.174. The van der Waals surface area contributed by atoms with Gasteiger partial charge in [-0.2, -0.15) is 0 Å². The van der Waals surface area contributed by atoms with Crippen LogP contribution in [0, 0.1) is 21.8 Å². The maximum Gasteiger partial charge on any atom is 0.282 e. The van der Waals surface area contributed by atoms with Gasteiger partial charge in [0.15, 0.2) is 0 Å². The molecule has 2 aliphatic rings. The van der Waals surface area contributed by atoms with Crippen molar-refractivity contribution in [3.8, 4) is 0 Å². The molecule has 4 nitrogen and oxygen atoms in total. The van der Waals surface area contributed by atoms with Crippen molar-refractivity contribution in [2.24, 2.45) is 5.92 Å². The van der Waals surface area contributed by atoms with Crippen molar-refractivity contribution in [1.82, 2.24) is 0 Å². The van der Waals surface area contributed by atoms with Crippen LogP contribution >= 0.6 is 23.4 Å². The van der Waals surface area contributed by atoms with Gasteiger partial charge in [-0.25, -0.2) is 4.39 Å². The lowest BCUT2D eigenvalue weighted by Crippen LogP contribution is -2.31. The van der Waals surface area contributed by atoms with Crippen molar-refractivity contribution in [3.05, 3.63) is 112 Å². The van der Waals surface area contributed by atoms with Gasteiger partial charge in [-0.3, -0.25) is 10.1 Å². The number of alkyl halides is 1. The summed E-state index contributed by atoms with van der Waals surface area (Å²) in [7, 11) is 0. The monoisotopic (exact) mass is 504 g/mol. The smallest absolute Gasteiger partial charge is 0.282 e. The lowest BCUT2D eigenvalue weighted by Gasteiger charge is -2.39. The van der Waals surface area contributed by atoms with Crippen LogP contribution in [-0.4, -0.2) is 15.6 Å². The minimum absolute atomic E-state index is 0.0116. The van der Waals surface area contributed by atoms with Gasteiger partial charge in [0.2, 0.25) is 0 Å². The molecule has 1 fully saturated rings. The highest BCUT2D eigenvalue weighted by Gasteiger charge is 2.50. The second-order valence-corrected chi connectivity index (χ2v) is 11.0. The Labute approximate surface area is 211 Å². The largest absolute Gasteiger partial charge is 0.378 e. The zero-order valence-electron chi connectivity index (χ0n) is 18.6. The Morgan fingerprint density at radius 3 is 2.51 bits per heavy atom. The van der Waals surface area contributed by atoms with E-state index < -0.39 is 0 Å². The first-order valence-electron chi connectivity index (χ1n) is 11.6. The number of rotatable bonds is 4. The van der Waals surface area contributed by atoms with Gasteiger partial charge in [0.1, 0.15) is 5.82 Å². The molecular formula is C28H22ClFN2O2S. The molecule has 5 atom stereocenters. The second-order valence-electron chi connectivity index (χ2n) is 9.17. The number of halogens is 2. The third kappa shape index (κ3) is 3.85. The number of anilines is 1. The zero-order valence-corrected chi connectivity index (χ0v) is 20.2. The fourth-order valence-corrected chi connectivity index (χ4v) is 7.70. The Morgan fingerprint density at radius 1 is 0.971 bits per heavy atom. The SMILES string of the molecule is O=[N+]([O-])c1ccccc1S[C@@H]1C[C@H]2[C@H](c3c(ccc4ccccc34)N[C@H]2c2ccc(F)cc2)[C@@H]1Cl. The number of hydrogen-bond acceptors (Lipinski definition) is 4. The average molecular weight is 505 g/mol. The zero-order chi connectivity index (χ0) is 24.1. The van der Waals surface area contributed by atoms with E-state index in [1.54, 1.807) is 18.2 Å². The molecule has 0 bridgehead atoms. The molecule has 4 aromatic rings. The molecule has 1 N–H and O–H groups in total. The third-order valence-corrected chi connectivity index (χ3v) is 9.39. The summed E-state index contributed by atoms with van der Waals surface area (Å²) >= 11 is 8.76. The lowest BCUT2D eigenvalue weighted by atomic mass is 9.75. The van der Waals surface area contributed by atoms with E-state index in [9.17, 15) is 14.5 Å². The number of nitrogens with zero attached hydrogens (tertiary/aromatic N) is 1. The fraction of sp³-hybridized carbons (Fsp3) is 0.214. The Balaban J connectivity index is 1.45. The van der Waals surface area contributed by atoms with E-state index in [1.807, 2.05) is 30.3 Å². The number of nitro benzene ring substituents is 1. The maximum atomic E-state index is 13.7. The Kier molecular flexibility index (Phi) is 5.66. The minimum atomic E-state index is -0.334. The summed E-state index contributed by atoms with van der Waals surface area (Å²) in [6, 6.07) is 26.0. The Hall–Kier alpha value is -3.09. The topological polar surface area (TPSA) is 55.2 Å². The van der Waals surface area contributed by atoms with Crippen molar-refractivity contribution in [3.63, 3.8) is 0 Å². The molecule has 6 rings (SSSR count). The van der Waals surface area contributed by atoms with Crippen molar-refractivity contribution < 1.29 is 9.31 Å². The molecular weight excluding hydrogens is 483 g/mol. The van der Waals surface area contributed by atoms with Gasteiger partial charge in [0.25, 0.3) is 5.69 Å².